The summed E-state index contributed by atoms with van der Waals surface area (Å²) in [5.41, 5.74) is 9.39. The van der Waals surface area contributed by atoms with Gasteiger partial charge >= 0.3 is 0 Å². The third kappa shape index (κ3) is 3.71. The molecule has 1 aromatic carbocycles. The molecule has 33 heavy (non-hydrogen) atoms. The van der Waals surface area contributed by atoms with Crippen LogP contribution in [0.2, 0.25) is 0 Å². The van der Waals surface area contributed by atoms with Crippen molar-refractivity contribution >= 4 is 17.3 Å². The van der Waals surface area contributed by atoms with Crippen LogP contribution < -0.4 is 11.1 Å². The van der Waals surface area contributed by atoms with Gasteiger partial charge in [0.2, 0.25) is 5.95 Å². The van der Waals surface area contributed by atoms with E-state index in [0.717, 1.165) is 67.8 Å². The highest BCUT2D eigenvalue weighted by atomic mass is 32.1. The molecular formula is C24H25N7OS. The molecular weight excluding hydrogens is 434 g/mol. The Kier molecular flexibility index (Phi) is 5.15. The van der Waals surface area contributed by atoms with Crippen molar-refractivity contribution in [2.75, 3.05) is 18.8 Å². The number of nitrogens with two attached hydrogens (primary N) is 1. The van der Waals surface area contributed by atoms with Crippen LogP contribution in [0, 0.1) is 0 Å². The first-order chi connectivity index (χ1) is 16.2. The minimum atomic E-state index is -0.203. The molecule has 4 aromatic rings. The zero-order valence-electron chi connectivity index (χ0n) is 18.2. The molecule has 0 unspecified atom stereocenters. The Labute approximate surface area is 195 Å². The maximum Gasteiger partial charge on any atom is 0.277 e. The molecule has 3 N–H and O–H groups in total. The molecule has 0 spiro atoms. The Bertz CT molecular complexity index is 1240. The van der Waals surface area contributed by atoms with E-state index in [2.05, 4.69) is 44.7 Å². The smallest absolute Gasteiger partial charge is 0.277 e. The van der Waals surface area contributed by atoms with Crippen LogP contribution >= 0.6 is 11.3 Å². The second-order valence-corrected chi connectivity index (χ2v) is 9.75. The maximum atomic E-state index is 5.70. The van der Waals surface area contributed by atoms with Crippen molar-refractivity contribution < 1.29 is 4.52 Å². The lowest BCUT2D eigenvalue weighted by atomic mass is 9.64. The van der Waals surface area contributed by atoms with Gasteiger partial charge in [-0.05, 0) is 49.9 Å². The number of piperidine rings is 1. The lowest BCUT2D eigenvalue weighted by Gasteiger charge is -2.39. The minimum absolute atomic E-state index is 0.203. The van der Waals surface area contributed by atoms with Gasteiger partial charge in [-0.3, -0.25) is 0 Å². The Morgan fingerprint density at radius 3 is 2.45 bits per heavy atom. The van der Waals surface area contributed by atoms with Crippen molar-refractivity contribution in [3.8, 4) is 22.7 Å². The van der Waals surface area contributed by atoms with E-state index in [-0.39, 0.29) is 11.4 Å². The largest absolute Gasteiger partial charge is 0.368 e. The van der Waals surface area contributed by atoms with E-state index in [1.807, 2.05) is 5.38 Å². The number of hydrogen-bond acceptors (Lipinski definition) is 9. The van der Waals surface area contributed by atoms with Crippen LogP contribution in [0.15, 0.2) is 46.6 Å². The van der Waals surface area contributed by atoms with Crippen LogP contribution in [0.4, 0.5) is 5.95 Å². The fraction of sp³-hybridized carbons (Fsp3) is 0.375. The monoisotopic (exact) mass is 459 g/mol. The molecule has 0 amide bonds. The van der Waals surface area contributed by atoms with Crippen LogP contribution in [-0.2, 0) is 5.41 Å². The molecule has 8 nitrogen and oxygen atoms in total. The fourth-order valence-corrected chi connectivity index (χ4v) is 5.77. The summed E-state index contributed by atoms with van der Waals surface area (Å²) in [6, 6.07) is 8.49. The van der Waals surface area contributed by atoms with E-state index in [9.17, 15) is 0 Å². The highest BCUT2D eigenvalue weighted by Gasteiger charge is 2.44. The number of rotatable bonds is 5. The van der Waals surface area contributed by atoms with Crippen LogP contribution in [0.1, 0.15) is 54.4 Å². The first-order valence-corrected chi connectivity index (χ1v) is 12.3. The number of hydrogen-bond donors (Lipinski definition) is 2. The third-order valence-corrected chi connectivity index (χ3v) is 7.94. The molecule has 1 saturated heterocycles. The molecule has 6 rings (SSSR count). The molecule has 4 heterocycles. The topological polar surface area (TPSA) is 116 Å². The summed E-state index contributed by atoms with van der Waals surface area (Å²) in [7, 11) is 0. The maximum absolute atomic E-state index is 5.70. The highest BCUT2D eigenvalue weighted by Crippen LogP contribution is 2.48. The molecule has 0 radical (unpaired) electrons. The van der Waals surface area contributed by atoms with Crippen LogP contribution in [0.3, 0.4) is 0 Å². The van der Waals surface area contributed by atoms with Gasteiger partial charge in [-0.15, -0.1) is 11.3 Å². The molecule has 1 saturated carbocycles. The van der Waals surface area contributed by atoms with Crippen LogP contribution in [-0.4, -0.2) is 38.2 Å². The first kappa shape index (κ1) is 20.4. The van der Waals surface area contributed by atoms with Gasteiger partial charge in [-0.25, -0.2) is 15.0 Å². The average Bonchev–Trinajstić information content (AvgIpc) is 3.51. The summed E-state index contributed by atoms with van der Waals surface area (Å²) in [6.07, 6.45) is 8.91. The number of aromatic nitrogens is 5. The van der Waals surface area contributed by atoms with Crippen LogP contribution in [0.5, 0.6) is 0 Å². The van der Waals surface area contributed by atoms with E-state index in [4.69, 9.17) is 20.2 Å². The molecule has 3 aromatic heterocycles. The van der Waals surface area contributed by atoms with Gasteiger partial charge in [0, 0.05) is 29.3 Å². The Hall–Kier alpha value is -3.17. The lowest BCUT2D eigenvalue weighted by molar-refractivity contribution is 0.273. The van der Waals surface area contributed by atoms with Crippen molar-refractivity contribution in [2.24, 2.45) is 0 Å². The van der Waals surface area contributed by atoms with Gasteiger partial charge in [0.05, 0.1) is 10.4 Å². The number of anilines is 1. The standard InChI is InChI=1S/C24H25N7OS/c25-23-27-12-17(13-28-23)15-2-4-18(5-3-15)24(8-1-9-24)22-30-20(32-31-22)19-14-33-21(29-19)16-6-10-26-11-7-16/h2-5,12-14,16,26H,1,6-11H2,(H2,25,27,28). The van der Waals surface area contributed by atoms with E-state index < -0.39 is 0 Å². The number of benzene rings is 1. The van der Waals surface area contributed by atoms with Gasteiger partial charge in [0.1, 0.15) is 5.69 Å². The van der Waals surface area contributed by atoms with Crippen LogP contribution in [0.25, 0.3) is 22.7 Å². The van der Waals surface area contributed by atoms with Crippen molar-refractivity contribution in [2.45, 2.75) is 43.4 Å². The fourth-order valence-electron chi connectivity index (χ4n) is 4.80. The van der Waals surface area contributed by atoms with E-state index in [1.54, 1.807) is 23.7 Å². The zero-order chi connectivity index (χ0) is 22.3. The SMILES string of the molecule is Nc1ncc(-c2ccc(C3(c4noc(-c5csc(C6CCNCC6)n5)n4)CCC3)cc2)cn1. The zero-order valence-corrected chi connectivity index (χ0v) is 19.0. The molecule has 0 atom stereocenters. The number of thiazole rings is 1. The minimum Gasteiger partial charge on any atom is -0.368 e. The summed E-state index contributed by atoms with van der Waals surface area (Å²) in [5, 5.41) is 11.0. The molecule has 1 aliphatic heterocycles. The summed E-state index contributed by atoms with van der Waals surface area (Å²) in [6.45, 7) is 2.11. The number of nitrogens with zero attached hydrogens (tertiary/aromatic N) is 5. The van der Waals surface area contributed by atoms with E-state index in [0.29, 0.717) is 11.8 Å². The van der Waals surface area contributed by atoms with Crippen molar-refractivity contribution in [3.05, 3.63) is 58.4 Å². The predicted molar refractivity (Wildman–Crippen MR) is 127 cm³/mol. The van der Waals surface area contributed by atoms with Gasteiger partial charge in [-0.2, -0.15) is 4.98 Å². The second-order valence-electron chi connectivity index (χ2n) is 8.86. The van der Waals surface area contributed by atoms with E-state index >= 15 is 0 Å². The first-order valence-electron chi connectivity index (χ1n) is 11.4. The highest BCUT2D eigenvalue weighted by molar-refractivity contribution is 7.10. The molecule has 9 heteroatoms. The molecule has 1 aliphatic carbocycles. The normalized spacial score (nSPS) is 18.2. The van der Waals surface area contributed by atoms with Crippen molar-refractivity contribution in [1.29, 1.82) is 0 Å². The van der Waals surface area contributed by atoms with Gasteiger partial charge in [0.15, 0.2) is 5.82 Å². The number of nitrogens with one attached hydrogen (secondary N) is 1. The van der Waals surface area contributed by atoms with Crippen molar-refractivity contribution in [3.63, 3.8) is 0 Å². The molecule has 0 bridgehead atoms. The van der Waals surface area contributed by atoms with Crippen molar-refractivity contribution in [1.82, 2.24) is 30.4 Å². The summed E-state index contributed by atoms with van der Waals surface area (Å²) < 4.78 is 5.70. The number of nitrogen functional groups attached to an aromatic ring is 1. The summed E-state index contributed by atoms with van der Waals surface area (Å²) >= 11 is 1.70. The van der Waals surface area contributed by atoms with Gasteiger partial charge < -0.3 is 15.6 Å². The summed E-state index contributed by atoms with van der Waals surface area (Å²) in [5.74, 6) is 2.07. The Morgan fingerprint density at radius 2 is 1.76 bits per heavy atom. The quantitative estimate of drug-likeness (QED) is 0.457. The average molecular weight is 460 g/mol. The molecule has 2 aliphatic rings. The van der Waals surface area contributed by atoms with Gasteiger partial charge in [-0.1, -0.05) is 35.8 Å². The Morgan fingerprint density at radius 1 is 1.00 bits per heavy atom. The summed E-state index contributed by atoms with van der Waals surface area (Å²) in [4.78, 5) is 17.8. The Balaban J connectivity index is 1.25. The van der Waals surface area contributed by atoms with E-state index in [1.165, 1.54) is 10.6 Å². The predicted octanol–water partition coefficient (Wildman–Crippen LogP) is 4.17. The van der Waals surface area contributed by atoms with Gasteiger partial charge in [0.25, 0.3) is 5.89 Å². The second kappa shape index (κ2) is 8.31. The lowest BCUT2D eigenvalue weighted by Crippen LogP contribution is -2.36. The molecule has 2 fully saturated rings. The molecule has 168 valence electrons. The third-order valence-electron chi connectivity index (χ3n) is 6.93.